The summed E-state index contributed by atoms with van der Waals surface area (Å²) in [6, 6.07) is 24.3. The average molecular weight is 1880 g/mol. The molecule has 1 aromatic heterocycles. The first-order valence-corrected chi connectivity index (χ1v) is 45.6. The predicted octanol–water partition coefficient (Wildman–Crippen LogP) is 6.89. The zero-order valence-electron chi connectivity index (χ0n) is 75.6. The summed E-state index contributed by atoms with van der Waals surface area (Å²) in [7, 11) is 6.60. The molecule has 1 aliphatic rings. The number of primary amides is 1. The minimum atomic E-state index is -1.63. The van der Waals surface area contributed by atoms with Crippen LogP contribution in [0.15, 0.2) is 152 Å². The summed E-state index contributed by atoms with van der Waals surface area (Å²) < 4.78 is 20.3. The van der Waals surface area contributed by atoms with Crippen LogP contribution in [-0.4, -0.2) is 255 Å². The molecule has 32 nitrogen and oxygen atoms in total. The number of likely N-dealkylation sites (N-methyl/N-ethyl adjacent to an activating group) is 5. The molecule has 2 heterocycles. The largest absolute Gasteiger partial charge is 0.508 e. The number of aromatic nitrogens is 1. The second-order valence-corrected chi connectivity index (χ2v) is 36.0. The lowest BCUT2D eigenvalue weighted by molar-refractivity contribution is -0.151. The van der Waals surface area contributed by atoms with Crippen LogP contribution < -0.4 is 37.6 Å². The predicted molar refractivity (Wildman–Crippen MR) is 495 cm³/mol. The average Bonchev–Trinajstić information content (AvgIpc) is 1.02. The standard InChI is InChI=1S/C96H118Cl2FN13O19S/c1-11-12-27-79-95(129)108(6)50-67(116)46-64(52-131-55-113)83(118)48-69(57(4)5)92(126)111(9)80(44-58-21-15-13-16-22-58)91(125)106-76(42-61-30-34-66(115)35-31-61)93(127)109(7)51-85(120)102-75(47-63-49-101-72-26-20-19-25-68(63)72)90(124)105-74(41-60-28-32-65(114)33-29-60)89(123)104-73(38-56(2)3)88(122)107-78(82(117)36-37-84(100)119)53-132-54-86(121)103-77(43-62-39-70(97)87(99)71(98)40-62)94(128)112(10)81(96(130)110(79)8)45-59-23-17-14-18-24-59/h13-26,28-35,39-40,49,55-57,64,69,73-81,101,114-115H,11-12,27,36-38,41-48,50-54H2,1-10H3,(H2,100,119)(H,102,120)(H,103,121)(H,104,123)(H,105,124)(H,106,125)(H,107,122)/t64-,69-,73-,74-,75-,76-,77-,78-,79-,80-,81-/m0/s1. The van der Waals surface area contributed by atoms with Crippen LogP contribution >= 0.6 is 35.0 Å². The first-order chi connectivity index (χ1) is 62.7. The number of carbonyl (C=O) groups excluding carboxylic acids is 16. The zero-order valence-corrected chi connectivity index (χ0v) is 78.0. The van der Waals surface area contributed by atoms with E-state index >= 15 is 47.5 Å². The van der Waals surface area contributed by atoms with Crippen molar-refractivity contribution in [2.45, 2.75) is 179 Å². The molecule has 132 heavy (non-hydrogen) atoms. The number of phenolic OH excluding ortho intramolecular Hbond substituents is 2. The van der Waals surface area contributed by atoms with E-state index in [4.69, 9.17) is 33.7 Å². The number of fused-ring (bicyclic) bond motifs is 1. The van der Waals surface area contributed by atoms with Crippen molar-refractivity contribution in [3.63, 3.8) is 0 Å². The number of phenols is 2. The topological polar surface area (TPSA) is 453 Å². The maximum absolute atomic E-state index is 15.6. The molecule has 1 fully saturated rings. The third-order valence-electron chi connectivity index (χ3n) is 23.1. The van der Waals surface area contributed by atoms with Crippen LogP contribution in [0.25, 0.3) is 10.9 Å². The molecule has 11 N–H and O–H groups in total. The van der Waals surface area contributed by atoms with E-state index < -0.39 is 240 Å². The van der Waals surface area contributed by atoms with Crippen LogP contribution in [-0.2, 0) is 120 Å². The van der Waals surface area contributed by atoms with E-state index in [9.17, 15) is 43.8 Å². The Morgan fingerprint density at radius 2 is 1.04 bits per heavy atom. The molecule has 1 aliphatic heterocycles. The normalized spacial score (nSPS) is 21.8. The van der Waals surface area contributed by atoms with Crippen molar-refractivity contribution in [1.82, 2.24) is 61.4 Å². The van der Waals surface area contributed by atoms with Crippen molar-refractivity contribution < 1.29 is 96.1 Å². The molecule has 12 amide bonds. The number of amides is 12. The number of Topliss-reactive ketones (excluding diaryl/α,β-unsaturated/α-hetero) is 3. The fourth-order valence-electron chi connectivity index (χ4n) is 15.7. The van der Waals surface area contributed by atoms with Gasteiger partial charge in [-0.25, -0.2) is 4.39 Å². The van der Waals surface area contributed by atoms with Crippen molar-refractivity contribution >= 4 is 141 Å². The quantitative estimate of drug-likeness (QED) is 0.0206. The lowest BCUT2D eigenvalue weighted by Crippen LogP contribution is -2.59. The molecule has 0 spiro atoms. The SMILES string of the molecule is CCCC[C@H]1C(=O)N(C)CC(=O)C[C@@H](COC=O)C(=O)C[C@@H](C(C)C)C(=O)N(C)[C@@H](Cc2ccccc2)C(=O)N[C@@H](Cc2ccc(O)cc2)C(=O)N(C)CC(=O)N[C@@H](Cc2c[nH]c3ccccc23)C(=O)N[C@@H](Cc2ccc(O)cc2)C(=O)N[C@@H](CC(C)C)C(=O)N[C@H](C(=O)CCC(N)=O)CSCC(=O)N[C@@H](Cc2cc(Cl)c(F)c(Cl)c2)C(=O)N(C)[C@@H](Cc2ccccc2)C(=O)N1C. The monoisotopic (exact) mass is 1880 g/mol. The first kappa shape index (κ1) is 105. The van der Waals surface area contributed by atoms with E-state index in [0.29, 0.717) is 51.6 Å². The van der Waals surface area contributed by atoms with Gasteiger partial charge in [0.15, 0.2) is 17.4 Å². The van der Waals surface area contributed by atoms with Crippen molar-refractivity contribution in [1.29, 1.82) is 0 Å². The van der Waals surface area contributed by atoms with E-state index in [-0.39, 0.29) is 74.4 Å². The highest BCUT2D eigenvalue weighted by Crippen LogP contribution is 2.30. The number of rotatable bonds is 25. The number of nitrogens with one attached hydrogen (secondary N) is 7. The molecule has 11 atom stereocenters. The molecule has 0 aliphatic carbocycles. The van der Waals surface area contributed by atoms with Gasteiger partial charge < -0.3 is 82.1 Å². The lowest BCUT2D eigenvalue weighted by atomic mass is 9.84. The van der Waals surface area contributed by atoms with E-state index in [1.165, 1.54) is 95.9 Å². The maximum atomic E-state index is 15.6. The number of ketones is 3. The minimum absolute atomic E-state index is 0.0287. The summed E-state index contributed by atoms with van der Waals surface area (Å²) in [5, 5.41) is 37.1. The number of thioether (sulfide) groups is 1. The number of benzene rings is 6. The summed E-state index contributed by atoms with van der Waals surface area (Å²) in [6.07, 6.45) is -1.37. The highest BCUT2D eigenvalue weighted by atomic mass is 35.5. The summed E-state index contributed by atoms with van der Waals surface area (Å²) in [4.78, 5) is 244. The Morgan fingerprint density at radius 3 is 1.61 bits per heavy atom. The smallest absolute Gasteiger partial charge is 0.293 e. The van der Waals surface area contributed by atoms with Crippen LogP contribution in [0.4, 0.5) is 4.39 Å². The van der Waals surface area contributed by atoms with Gasteiger partial charge in [0.2, 0.25) is 70.9 Å². The number of hydrogen-bond donors (Lipinski definition) is 10. The van der Waals surface area contributed by atoms with Gasteiger partial charge in [0, 0.05) is 128 Å². The molecule has 36 heteroatoms. The van der Waals surface area contributed by atoms with Crippen LogP contribution in [0.5, 0.6) is 11.5 Å². The number of carbonyl (C=O) groups is 16. The van der Waals surface area contributed by atoms with E-state index in [1.807, 2.05) is 6.92 Å². The Kier molecular flexibility index (Phi) is 40.3. The molecule has 1 saturated heterocycles. The highest BCUT2D eigenvalue weighted by molar-refractivity contribution is 8.00. The lowest BCUT2D eigenvalue weighted by Gasteiger charge is -2.37. The minimum Gasteiger partial charge on any atom is -0.508 e. The van der Waals surface area contributed by atoms with Gasteiger partial charge in [-0.2, -0.15) is 0 Å². The van der Waals surface area contributed by atoms with Gasteiger partial charge in [0.1, 0.15) is 72.2 Å². The second-order valence-electron chi connectivity index (χ2n) is 34.1. The maximum Gasteiger partial charge on any atom is 0.293 e. The van der Waals surface area contributed by atoms with Crippen molar-refractivity contribution in [2.75, 3.05) is 66.4 Å². The summed E-state index contributed by atoms with van der Waals surface area (Å²) >= 11 is 13.4. The Hall–Kier alpha value is -12.6. The van der Waals surface area contributed by atoms with Crippen LogP contribution in [0, 0.1) is 29.5 Å². The molecular weight excluding hydrogens is 1760 g/mol. The Morgan fingerprint density at radius 1 is 0.538 bits per heavy atom. The van der Waals surface area contributed by atoms with Gasteiger partial charge in [0.25, 0.3) is 6.47 Å². The molecular formula is C96H118Cl2FN13O19S. The summed E-state index contributed by atoms with van der Waals surface area (Å²) in [5.74, 6) is -18.4. The number of nitrogens with zero attached hydrogens (tertiary/aromatic N) is 5. The van der Waals surface area contributed by atoms with E-state index in [2.05, 4.69) is 36.9 Å². The Balaban J connectivity index is 1.22. The first-order valence-electron chi connectivity index (χ1n) is 43.6. The van der Waals surface area contributed by atoms with Gasteiger partial charge in [-0.1, -0.05) is 174 Å². The second kappa shape index (κ2) is 50.7. The fraction of sp³-hybridized carbons (Fsp3) is 0.438. The van der Waals surface area contributed by atoms with Gasteiger partial charge in [0.05, 0.1) is 40.8 Å². The number of halogens is 3. The van der Waals surface area contributed by atoms with Gasteiger partial charge in [-0.3, -0.25) is 76.7 Å². The van der Waals surface area contributed by atoms with Crippen molar-refractivity contribution in [3.05, 3.63) is 201 Å². The Bertz CT molecular complexity index is 5200. The van der Waals surface area contributed by atoms with Crippen molar-refractivity contribution in [2.24, 2.45) is 29.4 Å². The molecule has 7 aromatic rings. The molecule has 0 radical (unpaired) electrons. The number of unbranched alkanes of at least 4 members (excludes halogenated alkanes) is 1. The number of para-hydroxylation sites is 1. The molecule has 6 aromatic carbocycles. The third kappa shape index (κ3) is 31.1. The van der Waals surface area contributed by atoms with Gasteiger partial charge in [-0.05, 0) is 101 Å². The van der Waals surface area contributed by atoms with E-state index in [0.717, 1.165) is 36.3 Å². The molecule has 8 rings (SSSR count). The van der Waals surface area contributed by atoms with Gasteiger partial charge in [-0.15, -0.1) is 11.8 Å². The number of nitrogens with two attached hydrogens (primary N) is 1. The van der Waals surface area contributed by atoms with Gasteiger partial charge >= 0.3 is 0 Å². The molecule has 0 unspecified atom stereocenters. The number of aromatic amines is 1. The van der Waals surface area contributed by atoms with Crippen LogP contribution in [0.1, 0.15) is 119 Å². The number of ether oxygens (including phenoxy) is 1. The molecule has 0 bridgehead atoms. The molecule has 708 valence electrons. The highest BCUT2D eigenvalue weighted by Gasteiger charge is 2.43. The molecule has 0 saturated carbocycles. The van der Waals surface area contributed by atoms with Crippen molar-refractivity contribution in [3.8, 4) is 11.5 Å². The summed E-state index contributed by atoms with van der Waals surface area (Å²) in [5.41, 5.74) is 8.73. The number of hydrogen-bond acceptors (Lipinski definition) is 20. The van der Waals surface area contributed by atoms with E-state index in [1.54, 1.807) is 119 Å². The number of aromatic hydroxyl groups is 2. The Labute approximate surface area is 780 Å². The fourth-order valence-corrected chi connectivity index (χ4v) is 17.1. The van der Waals surface area contributed by atoms with Crippen LogP contribution in [0.3, 0.4) is 0 Å². The van der Waals surface area contributed by atoms with Crippen LogP contribution in [0.2, 0.25) is 10.0 Å². The summed E-state index contributed by atoms with van der Waals surface area (Å²) in [6.45, 7) is 6.65. The third-order valence-corrected chi connectivity index (χ3v) is 24.7. The number of H-pyrrole nitrogens is 1. The zero-order chi connectivity index (χ0) is 96.7.